The number of para-hydroxylation sites is 1. The second-order valence-corrected chi connectivity index (χ2v) is 7.80. The average molecular weight is 419 g/mol. The van der Waals surface area contributed by atoms with Gasteiger partial charge in [0.1, 0.15) is 5.82 Å². The third-order valence-electron chi connectivity index (χ3n) is 4.73. The number of carbonyl (C=O) groups excluding carboxylic acids is 1. The normalized spacial score (nSPS) is 11.0. The van der Waals surface area contributed by atoms with Crippen LogP contribution in [0.3, 0.4) is 0 Å². The molecule has 2 aromatic heterocycles. The Kier molecular flexibility index (Phi) is 5.94. The van der Waals surface area contributed by atoms with Gasteiger partial charge in [0.15, 0.2) is 5.16 Å². The Balaban J connectivity index is 1.59. The number of carbonyl (C=O) groups is 1. The quantitative estimate of drug-likeness (QED) is 0.443. The number of hydrogen-bond donors (Lipinski definition) is 1. The lowest BCUT2D eigenvalue weighted by Gasteiger charge is -2.04. The molecule has 0 saturated carbocycles. The van der Waals surface area contributed by atoms with Crippen molar-refractivity contribution in [3.63, 3.8) is 0 Å². The van der Waals surface area contributed by atoms with Crippen LogP contribution in [-0.2, 0) is 24.0 Å². The summed E-state index contributed by atoms with van der Waals surface area (Å²) >= 11 is 1.59. The summed E-state index contributed by atoms with van der Waals surface area (Å²) in [7, 11) is 1.91. The third-order valence-corrected chi connectivity index (χ3v) is 5.80. The van der Waals surface area contributed by atoms with Gasteiger partial charge in [0.2, 0.25) is 5.91 Å². The van der Waals surface area contributed by atoms with Gasteiger partial charge in [-0.05, 0) is 12.1 Å². The highest BCUT2D eigenvalue weighted by Gasteiger charge is 2.15. The summed E-state index contributed by atoms with van der Waals surface area (Å²) in [5.74, 6) is 1.10. The molecule has 1 amide bonds. The van der Waals surface area contributed by atoms with Crippen LogP contribution in [0.4, 0.5) is 0 Å². The number of nitrogens with zero attached hydrogens (tertiary/aromatic N) is 5. The fraction of sp³-hybridized carbons (Fsp3) is 0.182. The molecule has 8 heteroatoms. The van der Waals surface area contributed by atoms with E-state index in [0.717, 1.165) is 33.5 Å². The predicted molar refractivity (Wildman–Crippen MR) is 117 cm³/mol. The van der Waals surface area contributed by atoms with Crippen LogP contribution in [0, 0.1) is 0 Å². The van der Waals surface area contributed by atoms with Crippen LogP contribution in [0.2, 0.25) is 0 Å². The van der Waals surface area contributed by atoms with Crippen LogP contribution in [0.5, 0.6) is 0 Å². The van der Waals surface area contributed by atoms with Crippen molar-refractivity contribution in [2.45, 2.75) is 23.8 Å². The van der Waals surface area contributed by atoms with Gasteiger partial charge in [-0.2, -0.15) is 5.10 Å². The maximum Gasteiger partial charge on any atom is 0.217 e. The predicted octanol–water partition coefficient (Wildman–Crippen LogP) is 3.38. The van der Waals surface area contributed by atoms with Crippen LogP contribution >= 0.6 is 11.8 Å². The van der Waals surface area contributed by atoms with Gasteiger partial charge in [0.25, 0.3) is 0 Å². The molecule has 4 aromatic rings. The van der Waals surface area contributed by atoms with E-state index in [1.165, 1.54) is 0 Å². The zero-order chi connectivity index (χ0) is 20.9. The Hall–Kier alpha value is -3.39. The van der Waals surface area contributed by atoms with Gasteiger partial charge in [-0.15, -0.1) is 10.2 Å². The highest BCUT2D eigenvalue weighted by molar-refractivity contribution is 7.98. The molecule has 0 atom stereocenters. The maximum atomic E-state index is 11.0. The van der Waals surface area contributed by atoms with Crippen molar-refractivity contribution in [2.24, 2.45) is 12.8 Å². The molecule has 0 aliphatic carbocycles. The Morgan fingerprint density at radius 1 is 1.03 bits per heavy atom. The Bertz CT molecular complexity index is 1140. The molecule has 2 N–H and O–H groups in total. The van der Waals surface area contributed by atoms with Crippen LogP contribution in [0.15, 0.2) is 72.0 Å². The number of nitrogens with two attached hydrogens (primary N) is 1. The summed E-state index contributed by atoms with van der Waals surface area (Å²) < 4.78 is 3.82. The number of thioether (sulfide) groups is 1. The maximum absolute atomic E-state index is 11.0. The molecule has 0 fully saturated rings. The fourth-order valence-electron chi connectivity index (χ4n) is 3.13. The molecule has 2 aromatic carbocycles. The zero-order valence-electron chi connectivity index (χ0n) is 16.6. The molecule has 30 heavy (non-hydrogen) atoms. The van der Waals surface area contributed by atoms with E-state index in [-0.39, 0.29) is 12.3 Å². The number of amides is 1. The van der Waals surface area contributed by atoms with Crippen molar-refractivity contribution >= 4 is 17.7 Å². The fourth-order valence-corrected chi connectivity index (χ4v) is 4.03. The second kappa shape index (κ2) is 8.96. The molecule has 0 aliphatic heterocycles. The lowest BCUT2D eigenvalue weighted by Crippen LogP contribution is -2.12. The van der Waals surface area contributed by atoms with Crippen molar-refractivity contribution in [1.82, 2.24) is 24.5 Å². The molecule has 0 bridgehead atoms. The number of hydrogen-bond acceptors (Lipinski definition) is 5. The first kappa shape index (κ1) is 19.9. The van der Waals surface area contributed by atoms with Crippen molar-refractivity contribution in [2.75, 3.05) is 0 Å². The van der Waals surface area contributed by atoms with Crippen molar-refractivity contribution in [1.29, 1.82) is 0 Å². The highest BCUT2D eigenvalue weighted by Crippen LogP contribution is 2.29. The van der Waals surface area contributed by atoms with Gasteiger partial charge < -0.3 is 10.3 Å². The second-order valence-electron chi connectivity index (χ2n) is 6.86. The molecule has 7 nitrogen and oxygen atoms in total. The monoisotopic (exact) mass is 418 g/mol. The summed E-state index contributed by atoms with van der Waals surface area (Å²) in [5, 5.41) is 14.1. The molecular weight excluding hydrogens is 396 g/mol. The zero-order valence-corrected chi connectivity index (χ0v) is 17.4. The summed E-state index contributed by atoms with van der Waals surface area (Å²) in [6.07, 6.45) is 2.81. The minimum atomic E-state index is -0.340. The van der Waals surface area contributed by atoms with E-state index in [4.69, 9.17) is 10.8 Å². The lowest BCUT2D eigenvalue weighted by atomic mass is 10.1. The molecule has 4 rings (SSSR count). The minimum Gasteiger partial charge on any atom is -0.370 e. The Morgan fingerprint density at radius 3 is 2.43 bits per heavy atom. The molecule has 0 saturated heterocycles. The van der Waals surface area contributed by atoms with Gasteiger partial charge in [0, 0.05) is 43.0 Å². The number of primary amides is 1. The molecule has 0 aliphatic rings. The average Bonchev–Trinajstić information content (AvgIpc) is 3.35. The van der Waals surface area contributed by atoms with E-state index in [9.17, 15) is 4.79 Å². The Morgan fingerprint density at radius 2 is 1.73 bits per heavy atom. The molecule has 0 radical (unpaired) electrons. The molecule has 152 valence electrons. The largest absolute Gasteiger partial charge is 0.370 e. The SMILES string of the molecule is Cn1c(CCC(N)=O)nnc1SCc1cn(-c2ccccc2)nc1-c1ccccc1. The summed E-state index contributed by atoms with van der Waals surface area (Å²) in [4.78, 5) is 11.0. The van der Waals surface area contributed by atoms with E-state index in [1.54, 1.807) is 11.8 Å². The molecular formula is C22H22N6OS. The van der Waals surface area contributed by atoms with Crippen molar-refractivity contribution in [3.8, 4) is 16.9 Å². The number of rotatable bonds is 8. The van der Waals surface area contributed by atoms with E-state index < -0.39 is 0 Å². The summed E-state index contributed by atoms with van der Waals surface area (Å²) in [6, 6.07) is 20.2. The number of aryl methyl sites for hydroxylation is 1. The lowest BCUT2D eigenvalue weighted by molar-refractivity contribution is -0.118. The summed E-state index contributed by atoms with van der Waals surface area (Å²) in [6.45, 7) is 0. The highest BCUT2D eigenvalue weighted by atomic mass is 32.2. The van der Waals surface area contributed by atoms with Crippen LogP contribution in [-0.4, -0.2) is 30.5 Å². The Labute approximate surface area is 178 Å². The van der Waals surface area contributed by atoms with Crippen molar-refractivity contribution in [3.05, 3.63) is 78.2 Å². The van der Waals surface area contributed by atoms with Gasteiger partial charge in [-0.1, -0.05) is 60.3 Å². The number of benzene rings is 2. The van der Waals surface area contributed by atoms with Gasteiger partial charge in [-0.25, -0.2) is 4.68 Å². The third kappa shape index (κ3) is 4.44. The number of aromatic nitrogens is 5. The van der Waals surface area contributed by atoms with Gasteiger partial charge in [-0.3, -0.25) is 4.79 Å². The van der Waals surface area contributed by atoms with E-state index in [0.29, 0.717) is 12.2 Å². The van der Waals surface area contributed by atoms with Crippen LogP contribution in [0.1, 0.15) is 17.8 Å². The molecule has 0 spiro atoms. The first-order chi connectivity index (χ1) is 14.6. The molecule has 0 unspecified atom stereocenters. The summed E-state index contributed by atoms with van der Waals surface area (Å²) in [5.41, 5.74) is 9.38. The standard InChI is InChI=1S/C22H22N6OS/c1-27-20(13-12-19(23)29)24-25-22(27)30-15-17-14-28(18-10-6-3-7-11-18)26-21(17)16-8-4-2-5-9-16/h2-11,14H,12-13,15H2,1H3,(H2,23,29). The van der Waals surface area contributed by atoms with E-state index >= 15 is 0 Å². The minimum absolute atomic E-state index is 0.263. The van der Waals surface area contributed by atoms with Crippen LogP contribution in [0.25, 0.3) is 16.9 Å². The topological polar surface area (TPSA) is 91.6 Å². The van der Waals surface area contributed by atoms with Crippen molar-refractivity contribution < 1.29 is 4.79 Å². The van der Waals surface area contributed by atoms with E-state index in [2.05, 4.69) is 28.5 Å². The first-order valence-electron chi connectivity index (χ1n) is 9.60. The van der Waals surface area contributed by atoms with Gasteiger partial charge >= 0.3 is 0 Å². The first-order valence-corrected chi connectivity index (χ1v) is 10.6. The molecule has 2 heterocycles. The smallest absolute Gasteiger partial charge is 0.217 e. The van der Waals surface area contributed by atoms with E-state index in [1.807, 2.05) is 64.8 Å². The van der Waals surface area contributed by atoms with Gasteiger partial charge in [0.05, 0.1) is 11.4 Å². The van der Waals surface area contributed by atoms with Crippen LogP contribution < -0.4 is 5.73 Å².